The first-order valence-electron chi connectivity index (χ1n) is 9.99. The summed E-state index contributed by atoms with van der Waals surface area (Å²) in [6.07, 6.45) is 6.28. The molecule has 27 heavy (non-hydrogen) atoms. The fourth-order valence-electron chi connectivity index (χ4n) is 4.73. The second-order valence-electron chi connectivity index (χ2n) is 8.35. The van der Waals surface area contributed by atoms with Crippen molar-refractivity contribution in [3.8, 4) is 0 Å². The van der Waals surface area contributed by atoms with Crippen LogP contribution in [-0.2, 0) is 19.4 Å². The molecule has 2 aliphatic rings. The van der Waals surface area contributed by atoms with Crippen LogP contribution < -0.4 is 5.32 Å². The van der Waals surface area contributed by atoms with E-state index in [4.69, 9.17) is 0 Å². The van der Waals surface area contributed by atoms with Crippen molar-refractivity contribution in [1.29, 1.82) is 0 Å². The summed E-state index contributed by atoms with van der Waals surface area (Å²) < 4.78 is 2.01. The minimum atomic E-state index is -0.0128. The van der Waals surface area contributed by atoms with Gasteiger partial charge in [0.2, 0.25) is 0 Å². The molecule has 6 heteroatoms. The van der Waals surface area contributed by atoms with E-state index in [0.29, 0.717) is 18.4 Å². The molecule has 2 aromatic rings. The van der Waals surface area contributed by atoms with Crippen LogP contribution in [0, 0.1) is 11.8 Å². The summed E-state index contributed by atoms with van der Waals surface area (Å²) in [6.45, 7) is 4.65. The summed E-state index contributed by atoms with van der Waals surface area (Å²) in [7, 11) is 1.84. The number of rotatable bonds is 4. The van der Waals surface area contributed by atoms with Crippen molar-refractivity contribution < 1.29 is 4.79 Å². The van der Waals surface area contributed by atoms with Gasteiger partial charge >= 0.3 is 6.03 Å². The number of aromatic nitrogens is 3. The summed E-state index contributed by atoms with van der Waals surface area (Å²) in [6, 6.07) is 9.28. The second kappa shape index (κ2) is 7.33. The van der Waals surface area contributed by atoms with Gasteiger partial charge in [-0.1, -0.05) is 24.3 Å². The average Bonchev–Trinajstić information content (AvgIpc) is 3.19. The Balaban J connectivity index is 1.43. The highest BCUT2D eigenvalue weighted by Gasteiger charge is 2.40. The molecular formula is C21H29N5O. The van der Waals surface area contributed by atoms with Crippen LogP contribution in [0.1, 0.15) is 49.7 Å². The molecule has 1 aromatic carbocycles. The number of urea groups is 1. The lowest BCUT2D eigenvalue weighted by Crippen LogP contribution is -2.47. The molecule has 0 radical (unpaired) electrons. The molecule has 4 rings (SSSR count). The first kappa shape index (κ1) is 18.0. The minimum absolute atomic E-state index is 0.0128. The normalized spacial score (nSPS) is 23.8. The maximum atomic E-state index is 12.9. The van der Waals surface area contributed by atoms with E-state index in [-0.39, 0.29) is 18.1 Å². The number of fused-ring (bicyclic) bond motifs is 3. The van der Waals surface area contributed by atoms with Gasteiger partial charge in [0.15, 0.2) is 5.82 Å². The Bertz CT molecular complexity index is 781. The van der Waals surface area contributed by atoms with E-state index < -0.39 is 0 Å². The van der Waals surface area contributed by atoms with E-state index in [0.717, 1.165) is 18.7 Å². The van der Waals surface area contributed by atoms with Crippen molar-refractivity contribution in [2.45, 2.75) is 58.2 Å². The zero-order chi connectivity index (χ0) is 19.0. The van der Waals surface area contributed by atoms with Crippen LogP contribution >= 0.6 is 0 Å². The van der Waals surface area contributed by atoms with E-state index >= 15 is 0 Å². The summed E-state index contributed by atoms with van der Waals surface area (Å²) >= 11 is 0. The van der Waals surface area contributed by atoms with Crippen LogP contribution in [0.25, 0.3) is 0 Å². The monoisotopic (exact) mass is 367 g/mol. The molecule has 2 amide bonds. The Hall–Kier alpha value is -2.37. The maximum Gasteiger partial charge on any atom is 0.317 e. The van der Waals surface area contributed by atoms with Crippen molar-refractivity contribution in [1.82, 2.24) is 25.0 Å². The quantitative estimate of drug-likeness (QED) is 0.903. The van der Waals surface area contributed by atoms with Gasteiger partial charge in [-0.2, -0.15) is 0 Å². The predicted octanol–water partition coefficient (Wildman–Crippen LogP) is 3.19. The maximum absolute atomic E-state index is 12.9. The highest BCUT2D eigenvalue weighted by molar-refractivity contribution is 5.74. The van der Waals surface area contributed by atoms with E-state index in [1.807, 2.05) is 11.6 Å². The molecule has 2 bridgehead atoms. The number of nitrogens with one attached hydrogen (secondary N) is 1. The van der Waals surface area contributed by atoms with Crippen molar-refractivity contribution >= 4 is 6.03 Å². The SMILES string of the molecule is CC(C)n1cnnc1CN(C)C(=O)NC1C2CCC1Cc1ccccc1C2. The number of benzene rings is 1. The van der Waals surface area contributed by atoms with Crippen LogP contribution in [0.2, 0.25) is 0 Å². The summed E-state index contributed by atoms with van der Waals surface area (Å²) in [5, 5.41) is 11.5. The molecule has 0 saturated heterocycles. The van der Waals surface area contributed by atoms with Gasteiger partial charge in [-0.15, -0.1) is 10.2 Å². The van der Waals surface area contributed by atoms with Gasteiger partial charge in [0.25, 0.3) is 0 Å². The van der Waals surface area contributed by atoms with E-state index in [2.05, 4.69) is 53.6 Å². The zero-order valence-corrected chi connectivity index (χ0v) is 16.4. The first-order chi connectivity index (χ1) is 13.0. The van der Waals surface area contributed by atoms with Crippen molar-refractivity contribution in [2.24, 2.45) is 11.8 Å². The Kier molecular flexibility index (Phi) is 4.89. The summed E-state index contributed by atoms with van der Waals surface area (Å²) in [4.78, 5) is 14.6. The number of nitrogens with zero attached hydrogens (tertiary/aromatic N) is 4. The molecule has 2 atom stereocenters. The first-order valence-corrected chi connectivity index (χ1v) is 9.99. The average molecular weight is 367 g/mol. The van der Waals surface area contributed by atoms with Gasteiger partial charge in [-0.05, 0) is 62.5 Å². The lowest BCUT2D eigenvalue weighted by atomic mass is 9.94. The highest BCUT2D eigenvalue weighted by atomic mass is 16.2. The third-order valence-corrected chi connectivity index (χ3v) is 6.23. The van der Waals surface area contributed by atoms with E-state index in [9.17, 15) is 4.79 Å². The number of carbonyl (C=O) groups excluding carboxylic acids is 1. The number of carbonyl (C=O) groups is 1. The van der Waals surface area contributed by atoms with Crippen LogP contribution in [0.5, 0.6) is 0 Å². The Morgan fingerprint density at radius 1 is 1.22 bits per heavy atom. The van der Waals surface area contributed by atoms with E-state index in [1.54, 1.807) is 11.2 Å². The molecule has 1 N–H and O–H groups in total. The fraction of sp³-hybridized carbons (Fsp3) is 0.571. The molecule has 1 fully saturated rings. The topological polar surface area (TPSA) is 63.1 Å². The van der Waals surface area contributed by atoms with Gasteiger partial charge in [0, 0.05) is 19.1 Å². The van der Waals surface area contributed by atoms with Crippen molar-refractivity contribution in [3.63, 3.8) is 0 Å². The van der Waals surface area contributed by atoms with Crippen molar-refractivity contribution in [3.05, 3.63) is 47.5 Å². The van der Waals surface area contributed by atoms with Crippen LogP contribution in [0.15, 0.2) is 30.6 Å². The van der Waals surface area contributed by atoms with Gasteiger partial charge in [0.1, 0.15) is 6.33 Å². The molecule has 1 heterocycles. The Morgan fingerprint density at radius 2 is 1.85 bits per heavy atom. The number of hydrogen-bond donors (Lipinski definition) is 1. The summed E-state index contributed by atoms with van der Waals surface area (Å²) in [5.74, 6) is 1.89. The second-order valence-corrected chi connectivity index (χ2v) is 8.35. The molecule has 0 spiro atoms. The standard InChI is InChI=1S/C21H29N5O/c1-14(2)26-13-22-24-19(26)12-25(3)21(27)23-20-17-8-9-18(20)11-16-7-5-4-6-15(16)10-17/h4-7,13-14,17-18,20H,8-12H2,1-3H3,(H,23,27). The van der Waals surface area contributed by atoms with Gasteiger partial charge in [-0.3, -0.25) is 0 Å². The number of amides is 2. The fourth-order valence-corrected chi connectivity index (χ4v) is 4.73. The smallest absolute Gasteiger partial charge is 0.317 e. The molecular weight excluding hydrogens is 338 g/mol. The highest BCUT2D eigenvalue weighted by Crippen LogP contribution is 2.40. The van der Waals surface area contributed by atoms with Crippen LogP contribution in [0.3, 0.4) is 0 Å². The third-order valence-electron chi connectivity index (χ3n) is 6.23. The third kappa shape index (κ3) is 3.57. The molecule has 0 aliphatic heterocycles. The molecule has 144 valence electrons. The van der Waals surface area contributed by atoms with Crippen LogP contribution in [0.4, 0.5) is 4.79 Å². The summed E-state index contributed by atoms with van der Waals surface area (Å²) in [5.41, 5.74) is 2.92. The number of hydrogen-bond acceptors (Lipinski definition) is 3. The predicted molar refractivity (Wildman–Crippen MR) is 104 cm³/mol. The lowest BCUT2D eigenvalue weighted by Gasteiger charge is -2.27. The van der Waals surface area contributed by atoms with Crippen molar-refractivity contribution in [2.75, 3.05) is 7.05 Å². The van der Waals surface area contributed by atoms with Gasteiger partial charge in [-0.25, -0.2) is 4.79 Å². The largest absolute Gasteiger partial charge is 0.335 e. The Morgan fingerprint density at radius 3 is 2.44 bits per heavy atom. The molecule has 2 aliphatic carbocycles. The van der Waals surface area contributed by atoms with Crippen LogP contribution in [-0.4, -0.2) is 38.8 Å². The molecule has 1 saturated carbocycles. The zero-order valence-electron chi connectivity index (χ0n) is 16.4. The van der Waals surface area contributed by atoms with E-state index in [1.165, 1.54) is 24.0 Å². The lowest BCUT2D eigenvalue weighted by molar-refractivity contribution is 0.193. The van der Waals surface area contributed by atoms with Gasteiger partial charge < -0.3 is 14.8 Å². The Labute approximate surface area is 161 Å². The molecule has 6 nitrogen and oxygen atoms in total. The molecule has 1 aromatic heterocycles. The minimum Gasteiger partial charge on any atom is -0.335 e. The molecule has 2 unspecified atom stereocenters. The van der Waals surface area contributed by atoms with Gasteiger partial charge in [0.05, 0.1) is 6.54 Å².